The van der Waals surface area contributed by atoms with E-state index in [1.807, 2.05) is 11.8 Å². The lowest BCUT2D eigenvalue weighted by atomic mass is 10.1. The first-order chi connectivity index (χ1) is 9.66. The summed E-state index contributed by atoms with van der Waals surface area (Å²) in [6, 6.07) is 2.89. The van der Waals surface area contributed by atoms with E-state index in [2.05, 4.69) is 16.6 Å². The van der Waals surface area contributed by atoms with E-state index in [9.17, 15) is 9.59 Å². The van der Waals surface area contributed by atoms with Gasteiger partial charge in [-0.05, 0) is 37.0 Å². The SMILES string of the molecule is CSCCCCCCNC(=O)c1ncccc1C(=O)O. The van der Waals surface area contributed by atoms with Crippen LogP contribution in [0.5, 0.6) is 0 Å². The number of hydrogen-bond acceptors (Lipinski definition) is 4. The highest BCUT2D eigenvalue weighted by Crippen LogP contribution is 2.06. The molecule has 1 aromatic rings. The van der Waals surface area contributed by atoms with Crippen molar-refractivity contribution in [1.82, 2.24) is 10.3 Å². The molecule has 0 aliphatic heterocycles. The molecular formula is C14H20N2O3S. The number of carboxylic acids is 1. The van der Waals surface area contributed by atoms with Crippen LogP contribution in [0.3, 0.4) is 0 Å². The minimum atomic E-state index is -1.14. The topological polar surface area (TPSA) is 79.3 Å². The second-order valence-corrected chi connectivity index (χ2v) is 5.35. The fourth-order valence-corrected chi connectivity index (χ4v) is 2.26. The van der Waals surface area contributed by atoms with E-state index in [-0.39, 0.29) is 11.3 Å². The molecule has 0 spiro atoms. The molecule has 1 rings (SSSR count). The van der Waals surface area contributed by atoms with E-state index in [1.165, 1.54) is 30.5 Å². The predicted octanol–water partition coefficient (Wildman–Crippen LogP) is 2.43. The van der Waals surface area contributed by atoms with Crippen LogP contribution < -0.4 is 5.32 Å². The number of nitrogens with zero attached hydrogens (tertiary/aromatic N) is 1. The van der Waals surface area contributed by atoms with Crippen LogP contribution >= 0.6 is 11.8 Å². The summed E-state index contributed by atoms with van der Waals surface area (Å²) in [7, 11) is 0. The molecule has 0 aliphatic carbocycles. The Morgan fingerprint density at radius 1 is 1.30 bits per heavy atom. The monoisotopic (exact) mass is 296 g/mol. The fourth-order valence-electron chi connectivity index (χ4n) is 1.77. The average molecular weight is 296 g/mol. The smallest absolute Gasteiger partial charge is 0.338 e. The molecule has 0 aromatic carbocycles. The quantitative estimate of drug-likeness (QED) is 0.684. The molecule has 6 heteroatoms. The summed E-state index contributed by atoms with van der Waals surface area (Å²) in [5.41, 5.74) is -0.0904. The predicted molar refractivity (Wildman–Crippen MR) is 80.4 cm³/mol. The molecule has 0 radical (unpaired) electrons. The number of carbonyl (C=O) groups excluding carboxylic acids is 1. The van der Waals surface area contributed by atoms with Crippen molar-refractivity contribution in [2.75, 3.05) is 18.6 Å². The van der Waals surface area contributed by atoms with Gasteiger partial charge < -0.3 is 10.4 Å². The standard InChI is InChI=1S/C14H20N2O3S/c1-20-10-5-3-2-4-8-16-13(17)12-11(14(18)19)7-6-9-15-12/h6-7,9H,2-5,8,10H2,1H3,(H,16,17)(H,18,19). The van der Waals surface area contributed by atoms with Crippen LogP contribution in [0.25, 0.3) is 0 Å². The van der Waals surface area contributed by atoms with Gasteiger partial charge in [0.15, 0.2) is 0 Å². The van der Waals surface area contributed by atoms with Crippen molar-refractivity contribution >= 4 is 23.6 Å². The first kappa shape index (κ1) is 16.5. The zero-order chi connectivity index (χ0) is 14.8. The van der Waals surface area contributed by atoms with E-state index in [1.54, 1.807) is 0 Å². The number of aromatic nitrogens is 1. The Bertz CT molecular complexity index is 452. The largest absolute Gasteiger partial charge is 0.478 e. The number of carboxylic acid groups (broad SMARTS) is 1. The van der Waals surface area contributed by atoms with Gasteiger partial charge in [-0.25, -0.2) is 4.79 Å². The molecular weight excluding hydrogens is 276 g/mol. The molecule has 1 aromatic heterocycles. The number of amides is 1. The van der Waals surface area contributed by atoms with Crippen molar-refractivity contribution in [2.24, 2.45) is 0 Å². The van der Waals surface area contributed by atoms with Crippen molar-refractivity contribution in [3.8, 4) is 0 Å². The fraction of sp³-hybridized carbons (Fsp3) is 0.500. The summed E-state index contributed by atoms with van der Waals surface area (Å²) >= 11 is 1.84. The number of hydrogen-bond donors (Lipinski definition) is 2. The maximum Gasteiger partial charge on any atom is 0.338 e. The van der Waals surface area contributed by atoms with Crippen LogP contribution in [0.15, 0.2) is 18.3 Å². The maximum atomic E-state index is 11.9. The minimum Gasteiger partial charge on any atom is -0.478 e. The molecule has 0 bridgehead atoms. The summed E-state index contributed by atoms with van der Waals surface area (Å²) in [6.45, 7) is 0.549. The summed E-state index contributed by atoms with van der Waals surface area (Å²) < 4.78 is 0. The highest BCUT2D eigenvalue weighted by atomic mass is 32.2. The summed E-state index contributed by atoms with van der Waals surface area (Å²) in [5, 5.41) is 11.7. The summed E-state index contributed by atoms with van der Waals surface area (Å²) in [4.78, 5) is 26.7. The van der Waals surface area contributed by atoms with Crippen LogP contribution in [0.2, 0.25) is 0 Å². The molecule has 5 nitrogen and oxygen atoms in total. The Labute approximate surface area is 123 Å². The van der Waals surface area contributed by atoms with Gasteiger partial charge in [0.05, 0.1) is 5.56 Å². The van der Waals surface area contributed by atoms with Crippen molar-refractivity contribution in [2.45, 2.75) is 25.7 Å². The number of thioether (sulfide) groups is 1. The highest BCUT2D eigenvalue weighted by molar-refractivity contribution is 7.98. The molecule has 0 saturated carbocycles. The Morgan fingerprint density at radius 2 is 2.05 bits per heavy atom. The lowest BCUT2D eigenvalue weighted by molar-refractivity contribution is 0.0690. The van der Waals surface area contributed by atoms with E-state index < -0.39 is 11.9 Å². The van der Waals surface area contributed by atoms with E-state index >= 15 is 0 Å². The lowest BCUT2D eigenvalue weighted by Crippen LogP contribution is -2.27. The molecule has 0 atom stereocenters. The van der Waals surface area contributed by atoms with Crippen LogP contribution in [-0.2, 0) is 0 Å². The zero-order valence-electron chi connectivity index (χ0n) is 11.6. The van der Waals surface area contributed by atoms with Gasteiger partial charge in [0.2, 0.25) is 0 Å². The molecule has 0 saturated heterocycles. The van der Waals surface area contributed by atoms with Gasteiger partial charge in [-0.15, -0.1) is 0 Å². The summed E-state index contributed by atoms with van der Waals surface area (Å²) in [5.74, 6) is -0.394. The maximum absolute atomic E-state index is 11.9. The van der Waals surface area contributed by atoms with Gasteiger partial charge in [0.1, 0.15) is 5.69 Å². The second-order valence-electron chi connectivity index (χ2n) is 4.37. The van der Waals surface area contributed by atoms with Gasteiger partial charge in [0, 0.05) is 12.7 Å². The minimum absolute atomic E-state index is 0.0256. The van der Waals surface area contributed by atoms with Crippen LogP contribution in [0.4, 0.5) is 0 Å². The van der Waals surface area contributed by atoms with Gasteiger partial charge >= 0.3 is 5.97 Å². The van der Waals surface area contributed by atoms with E-state index in [0.717, 1.165) is 19.3 Å². The van der Waals surface area contributed by atoms with Crippen molar-refractivity contribution in [3.63, 3.8) is 0 Å². The average Bonchev–Trinajstić information content (AvgIpc) is 2.46. The highest BCUT2D eigenvalue weighted by Gasteiger charge is 2.16. The Kier molecular flexibility index (Phi) is 7.72. The van der Waals surface area contributed by atoms with Gasteiger partial charge in [0.25, 0.3) is 5.91 Å². The third-order valence-electron chi connectivity index (χ3n) is 2.81. The molecule has 2 N–H and O–H groups in total. The third kappa shape index (κ3) is 5.61. The normalized spacial score (nSPS) is 10.2. The molecule has 1 heterocycles. The first-order valence-corrected chi connectivity index (χ1v) is 8.01. The molecule has 110 valence electrons. The summed E-state index contributed by atoms with van der Waals surface area (Å²) in [6.07, 6.45) is 7.82. The van der Waals surface area contributed by atoms with Crippen molar-refractivity contribution in [1.29, 1.82) is 0 Å². The number of pyridine rings is 1. The zero-order valence-corrected chi connectivity index (χ0v) is 12.4. The Balaban J connectivity index is 2.35. The van der Waals surface area contributed by atoms with Crippen LogP contribution in [0.1, 0.15) is 46.5 Å². The third-order valence-corrected chi connectivity index (χ3v) is 3.51. The molecule has 20 heavy (non-hydrogen) atoms. The van der Waals surface area contributed by atoms with E-state index in [4.69, 9.17) is 5.11 Å². The number of aromatic carboxylic acids is 1. The first-order valence-electron chi connectivity index (χ1n) is 6.62. The van der Waals surface area contributed by atoms with Crippen LogP contribution in [0, 0.1) is 0 Å². The lowest BCUT2D eigenvalue weighted by Gasteiger charge is -2.06. The second kappa shape index (κ2) is 9.36. The number of carbonyl (C=O) groups is 2. The number of unbranched alkanes of at least 4 members (excludes halogenated alkanes) is 3. The molecule has 0 fully saturated rings. The number of rotatable bonds is 9. The van der Waals surface area contributed by atoms with Gasteiger partial charge in [-0.1, -0.05) is 12.8 Å². The van der Waals surface area contributed by atoms with Crippen molar-refractivity contribution in [3.05, 3.63) is 29.6 Å². The molecule has 1 amide bonds. The van der Waals surface area contributed by atoms with Gasteiger partial charge in [-0.3, -0.25) is 9.78 Å². The number of nitrogens with one attached hydrogen (secondary N) is 1. The van der Waals surface area contributed by atoms with Crippen molar-refractivity contribution < 1.29 is 14.7 Å². The Morgan fingerprint density at radius 3 is 2.75 bits per heavy atom. The van der Waals surface area contributed by atoms with Crippen LogP contribution in [-0.4, -0.2) is 40.5 Å². The molecule has 0 unspecified atom stereocenters. The molecule has 0 aliphatic rings. The van der Waals surface area contributed by atoms with E-state index in [0.29, 0.717) is 6.54 Å². The van der Waals surface area contributed by atoms with Gasteiger partial charge in [-0.2, -0.15) is 11.8 Å². The Hall–Kier alpha value is -1.56.